The number of rotatable bonds is 6. The summed E-state index contributed by atoms with van der Waals surface area (Å²) in [4.78, 5) is 0.345. The third kappa shape index (κ3) is 4.08. The second-order valence-corrected chi connectivity index (χ2v) is 6.79. The maximum atomic E-state index is 11.7. The molecule has 0 amide bonds. The Bertz CT molecular complexity index is 483. The summed E-state index contributed by atoms with van der Waals surface area (Å²) in [6, 6.07) is 6.60. The highest BCUT2D eigenvalue weighted by molar-refractivity contribution is 7.91. The zero-order valence-corrected chi connectivity index (χ0v) is 11.7. The van der Waals surface area contributed by atoms with Crippen LogP contribution in [0.15, 0.2) is 29.2 Å². The first-order chi connectivity index (χ1) is 8.36. The van der Waals surface area contributed by atoms with Crippen molar-refractivity contribution in [1.29, 1.82) is 0 Å². The molecule has 3 N–H and O–H groups in total. The van der Waals surface area contributed by atoms with Crippen LogP contribution in [0.3, 0.4) is 0 Å². The fraction of sp³-hybridized carbons (Fsp3) is 0.538. The molecule has 0 aliphatic rings. The highest BCUT2D eigenvalue weighted by atomic mass is 32.2. The molecule has 5 heteroatoms. The Balaban J connectivity index is 2.78. The average molecular weight is 271 g/mol. The maximum Gasteiger partial charge on any atom is 0.178 e. The molecular formula is C13H21NO3S. The summed E-state index contributed by atoms with van der Waals surface area (Å²) in [6.07, 6.45) is 0.597. The van der Waals surface area contributed by atoms with Crippen LogP contribution < -0.4 is 5.73 Å². The zero-order chi connectivity index (χ0) is 13.8. The zero-order valence-electron chi connectivity index (χ0n) is 10.8. The molecule has 0 saturated heterocycles. The molecule has 0 fully saturated rings. The number of hydrogen-bond donors (Lipinski definition) is 2. The van der Waals surface area contributed by atoms with E-state index in [0.29, 0.717) is 17.7 Å². The average Bonchev–Trinajstić information content (AvgIpc) is 2.36. The number of hydrogen-bond acceptors (Lipinski definition) is 4. The second-order valence-electron chi connectivity index (χ2n) is 4.52. The van der Waals surface area contributed by atoms with Gasteiger partial charge in [-0.2, -0.15) is 0 Å². The molecule has 0 spiro atoms. The highest BCUT2D eigenvalue weighted by Crippen LogP contribution is 2.15. The van der Waals surface area contributed by atoms with Crippen molar-refractivity contribution in [3.8, 4) is 0 Å². The van der Waals surface area contributed by atoms with E-state index in [1.807, 2.05) is 6.07 Å². The molecule has 0 radical (unpaired) electrons. The van der Waals surface area contributed by atoms with Crippen molar-refractivity contribution in [2.24, 2.45) is 5.73 Å². The normalized spacial score (nSPS) is 15.3. The molecule has 0 saturated carbocycles. The predicted octanol–water partition coefficient (Wildman–Crippen LogP) is 1.12. The SMILES string of the molecule is CCS(=O)(=O)c1cccc(CCC(O)C(C)N)c1. The van der Waals surface area contributed by atoms with Crippen molar-refractivity contribution >= 4 is 9.84 Å². The molecule has 0 bridgehead atoms. The summed E-state index contributed by atoms with van der Waals surface area (Å²) in [7, 11) is -3.16. The maximum absolute atomic E-state index is 11.7. The van der Waals surface area contributed by atoms with Gasteiger partial charge in [-0.1, -0.05) is 19.1 Å². The van der Waals surface area contributed by atoms with E-state index >= 15 is 0 Å². The summed E-state index contributed by atoms with van der Waals surface area (Å²) in [5.41, 5.74) is 6.48. The van der Waals surface area contributed by atoms with Gasteiger partial charge in [0.05, 0.1) is 16.8 Å². The van der Waals surface area contributed by atoms with Gasteiger partial charge in [-0.05, 0) is 37.5 Å². The van der Waals surface area contributed by atoms with Gasteiger partial charge in [-0.3, -0.25) is 0 Å². The van der Waals surface area contributed by atoms with Gasteiger partial charge < -0.3 is 10.8 Å². The van der Waals surface area contributed by atoms with Crippen LogP contribution in [-0.2, 0) is 16.3 Å². The Hall–Kier alpha value is -0.910. The molecule has 18 heavy (non-hydrogen) atoms. The first-order valence-corrected chi connectivity index (χ1v) is 7.77. The summed E-state index contributed by atoms with van der Waals surface area (Å²) in [5, 5.41) is 9.62. The van der Waals surface area contributed by atoms with Crippen LogP contribution >= 0.6 is 0 Å². The van der Waals surface area contributed by atoms with Crippen molar-refractivity contribution in [3.05, 3.63) is 29.8 Å². The summed E-state index contributed by atoms with van der Waals surface area (Å²) in [5.74, 6) is 0.0961. The van der Waals surface area contributed by atoms with Crippen LogP contribution in [0, 0.1) is 0 Å². The third-order valence-electron chi connectivity index (χ3n) is 2.97. The van der Waals surface area contributed by atoms with Gasteiger partial charge in [0.25, 0.3) is 0 Å². The Morgan fingerprint density at radius 1 is 1.39 bits per heavy atom. The molecule has 1 aromatic rings. The molecule has 1 aromatic carbocycles. The van der Waals surface area contributed by atoms with Crippen LogP contribution in [0.25, 0.3) is 0 Å². The lowest BCUT2D eigenvalue weighted by molar-refractivity contribution is 0.141. The number of aliphatic hydroxyl groups excluding tert-OH is 1. The van der Waals surface area contributed by atoms with Crippen molar-refractivity contribution < 1.29 is 13.5 Å². The number of aryl methyl sites for hydroxylation is 1. The predicted molar refractivity (Wildman–Crippen MR) is 72.1 cm³/mol. The largest absolute Gasteiger partial charge is 0.392 e. The van der Waals surface area contributed by atoms with Crippen LogP contribution in [0.4, 0.5) is 0 Å². The smallest absolute Gasteiger partial charge is 0.178 e. The lowest BCUT2D eigenvalue weighted by atomic mass is 10.0. The van der Waals surface area contributed by atoms with Gasteiger partial charge in [0.1, 0.15) is 0 Å². The minimum absolute atomic E-state index is 0.0961. The van der Waals surface area contributed by atoms with Crippen molar-refractivity contribution in [1.82, 2.24) is 0 Å². The lowest BCUT2D eigenvalue weighted by Crippen LogP contribution is -2.31. The lowest BCUT2D eigenvalue weighted by Gasteiger charge is -2.14. The van der Waals surface area contributed by atoms with Crippen molar-refractivity contribution in [2.45, 2.75) is 43.7 Å². The highest BCUT2D eigenvalue weighted by Gasteiger charge is 2.13. The topological polar surface area (TPSA) is 80.4 Å². The first-order valence-electron chi connectivity index (χ1n) is 6.12. The molecule has 0 aromatic heterocycles. The van der Waals surface area contributed by atoms with E-state index in [1.54, 1.807) is 32.0 Å². The van der Waals surface area contributed by atoms with E-state index in [-0.39, 0.29) is 11.8 Å². The van der Waals surface area contributed by atoms with Gasteiger partial charge in [-0.15, -0.1) is 0 Å². The van der Waals surface area contributed by atoms with Crippen LogP contribution in [0.5, 0.6) is 0 Å². The minimum Gasteiger partial charge on any atom is -0.392 e. The molecular weight excluding hydrogens is 250 g/mol. The standard InChI is InChI=1S/C13H21NO3S/c1-3-18(16,17)12-6-4-5-11(9-12)7-8-13(15)10(2)14/h4-6,9-10,13,15H,3,7-8,14H2,1-2H3. The number of nitrogens with two attached hydrogens (primary N) is 1. The van der Waals surface area contributed by atoms with Crippen molar-refractivity contribution in [3.63, 3.8) is 0 Å². The van der Waals surface area contributed by atoms with Gasteiger partial charge in [0.2, 0.25) is 0 Å². The van der Waals surface area contributed by atoms with Crippen LogP contribution in [-0.4, -0.2) is 31.4 Å². The number of benzene rings is 1. The van der Waals surface area contributed by atoms with Gasteiger partial charge in [-0.25, -0.2) is 8.42 Å². The molecule has 4 nitrogen and oxygen atoms in total. The van der Waals surface area contributed by atoms with Crippen LogP contribution in [0.2, 0.25) is 0 Å². The minimum atomic E-state index is -3.16. The molecule has 1 rings (SSSR count). The Morgan fingerprint density at radius 2 is 2.06 bits per heavy atom. The molecule has 0 aliphatic heterocycles. The fourth-order valence-corrected chi connectivity index (χ4v) is 2.59. The molecule has 0 aliphatic carbocycles. The number of sulfone groups is 1. The van der Waals surface area contributed by atoms with E-state index in [0.717, 1.165) is 5.56 Å². The Kier molecular flexibility index (Phi) is 5.31. The third-order valence-corrected chi connectivity index (χ3v) is 4.71. The Labute approximate surface area is 109 Å². The van der Waals surface area contributed by atoms with E-state index in [9.17, 15) is 13.5 Å². The summed E-state index contributed by atoms with van der Waals surface area (Å²) in [6.45, 7) is 3.38. The van der Waals surface area contributed by atoms with Gasteiger partial charge in [0.15, 0.2) is 9.84 Å². The quantitative estimate of drug-likeness (QED) is 0.812. The van der Waals surface area contributed by atoms with E-state index in [1.165, 1.54) is 0 Å². The molecule has 2 unspecified atom stereocenters. The fourth-order valence-electron chi connectivity index (χ4n) is 1.64. The monoisotopic (exact) mass is 271 g/mol. The summed E-state index contributed by atoms with van der Waals surface area (Å²) < 4.78 is 23.5. The Morgan fingerprint density at radius 3 is 2.61 bits per heavy atom. The molecule has 102 valence electrons. The second kappa shape index (κ2) is 6.31. The van der Waals surface area contributed by atoms with Crippen LogP contribution in [0.1, 0.15) is 25.8 Å². The van der Waals surface area contributed by atoms with E-state index in [2.05, 4.69) is 0 Å². The van der Waals surface area contributed by atoms with E-state index < -0.39 is 15.9 Å². The molecule has 0 heterocycles. The van der Waals surface area contributed by atoms with Gasteiger partial charge >= 0.3 is 0 Å². The first kappa shape index (κ1) is 15.1. The molecule has 2 atom stereocenters. The van der Waals surface area contributed by atoms with Crippen molar-refractivity contribution in [2.75, 3.05) is 5.75 Å². The summed E-state index contributed by atoms with van der Waals surface area (Å²) >= 11 is 0. The number of aliphatic hydroxyl groups is 1. The van der Waals surface area contributed by atoms with E-state index in [4.69, 9.17) is 5.73 Å². The van der Waals surface area contributed by atoms with Gasteiger partial charge in [0, 0.05) is 6.04 Å².